The fourth-order valence-electron chi connectivity index (χ4n) is 1.80. The Hall–Kier alpha value is -0.350. The van der Waals surface area contributed by atoms with Crippen molar-refractivity contribution in [2.75, 3.05) is 7.05 Å². The fraction of sp³-hybridized carbons (Fsp3) is 0.231. The predicted octanol–water partition coefficient (Wildman–Crippen LogP) is 4.78. The summed E-state index contributed by atoms with van der Waals surface area (Å²) in [5.74, 6) is 0. The minimum atomic E-state index is 0.152. The molecule has 1 aromatic heterocycles. The Morgan fingerprint density at radius 2 is 2.06 bits per heavy atom. The number of nitrogens with one attached hydrogen (secondary N) is 1. The van der Waals surface area contributed by atoms with Crippen LogP contribution in [-0.4, -0.2) is 7.05 Å². The highest BCUT2D eigenvalue weighted by molar-refractivity contribution is 9.11. The normalized spacial score (nSPS) is 12.7. The van der Waals surface area contributed by atoms with Gasteiger partial charge in [-0.2, -0.15) is 0 Å². The number of thiophene rings is 1. The van der Waals surface area contributed by atoms with Gasteiger partial charge in [0.1, 0.15) is 0 Å². The third-order valence-corrected chi connectivity index (χ3v) is 4.65. The van der Waals surface area contributed by atoms with Crippen LogP contribution in [0.15, 0.2) is 34.1 Å². The smallest absolute Gasteiger partial charge is 0.0702 e. The van der Waals surface area contributed by atoms with Crippen LogP contribution >= 0.6 is 38.9 Å². The van der Waals surface area contributed by atoms with Crippen LogP contribution in [0.5, 0.6) is 0 Å². The molecule has 0 amide bonds. The fourth-order valence-corrected chi connectivity index (χ4v) is 3.70. The molecule has 0 spiro atoms. The van der Waals surface area contributed by atoms with Gasteiger partial charge >= 0.3 is 0 Å². The molecule has 1 N–H and O–H groups in total. The largest absolute Gasteiger partial charge is 0.309 e. The van der Waals surface area contributed by atoms with Gasteiger partial charge in [0.2, 0.25) is 0 Å². The van der Waals surface area contributed by atoms with Crippen molar-refractivity contribution in [1.82, 2.24) is 5.32 Å². The topological polar surface area (TPSA) is 12.0 Å². The van der Waals surface area contributed by atoms with Gasteiger partial charge in [-0.25, -0.2) is 0 Å². The molecule has 0 aliphatic heterocycles. The Labute approximate surface area is 119 Å². The maximum atomic E-state index is 6.31. The van der Waals surface area contributed by atoms with Gasteiger partial charge < -0.3 is 5.32 Å². The van der Waals surface area contributed by atoms with E-state index in [2.05, 4.69) is 45.5 Å². The van der Waals surface area contributed by atoms with Crippen molar-refractivity contribution >= 4 is 38.9 Å². The summed E-state index contributed by atoms with van der Waals surface area (Å²) in [6.07, 6.45) is 0. The molecule has 0 saturated heterocycles. The summed E-state index contributed by atoms with van der Waals surface area (Å²) in [6, 6.07) is 10.5. The molecule has 1 unspecified atom stereocenters. The van der Waals surface area contributed by atoms with Gasteiger partial charge in [0, 0.05) is 9.90 Å². The van der Waals surface area contributed by atoms with Crippen LogP contribution < -0.4 is 5.32 Å². The van der Waals surface area contributed by atoms with E-state index in [4.69, 9.17) is 11.6 Å². The second kappa shape index (κ2) is 5.53. The minimum absolute atomic E-state index is 0.152. The van der Waals surface area contributed by atoms with E-state index in [9.17, 15) is 0 Å². The van der Waals surface area contributed by atoms with Crippen molar-refractivity contribution in [3.63, 3.8) is 0 Å². The van der Waals surface area contributed by atoms with Crippen molar-refractivity contribution < 1.29 is 0 Å². The molecule has 2 aromatic rings. The lowest BCUT2D eigenvalue weighted by atomic mass is 10.0. The van der Waals surface area contributed by atoms with Crippen LogP contribution in [0.1, 0.15) is 22.0 Å². The maximum absolute atomic E-state index is 6.31. The van der Waals surface area contributed by atoms with Gasteiger partial charge in [0.05, 0.1) is 9.83 Å². The van der Waals surface area contributed by atoms with Gasteiger partial charge in [-0.1, -0.05) is 23.7 Å². The van der Waals surface area contributed by atoms with Crippen LogP contribution in [0.4, 0.5) is 0 Å². The van der Waals surface area contributed by atoms with Crippen molar-refractivity contribution in [2.45, 2.75) is 13.0 Å². The average Bonchev–Trinajstić information content (AvgIpc) is 2.69. The van der Waals surface area contributed by atoms with Crippen LogP contribution in [0.25, 0.3) is 0 Å². The van der Waals surface area contributed by atoms with Gasteiger partial charge in [0.15, 0.2) is 0 Å². The van der Waals surface area contributed by atoms with E-state index in [0.29, 0.717) is 0 Å². The Kier molecular flexibility index (Phi) is 4.26. The summed E-state index contributed by atoms with van der Waals surface area (Å²) in [6.45, 7) is 2.05. The zero-order valence-electron chi connectivity index (χ0n) is 9.63. The minimum Gasteiger partial charge on any atom is -0.309 e. The molecule has 90 valence electrons. The number of hydrogen-bond donors (Lipinski definition) is 1. The van der Waals surface area contributed by atoms with E-state index in [0.717, 1.165) is 14.4 Å². The third kappa shape index (κ3) is 2.91. The van der Waals surface area contributed by atoms with Crippen molar-refractivity contribution in [3.8, 4) is 0 Å². The van der Waals surface area contributed by atoms with Crippen molar-refractivity contribution in [3.05, 3.63) is 55.1 Å². The monoisotopic (exact) mass is 329 g/mol. The van der Waals surface area contributed by atoms with E-state index in [-0.39, 0.29) is 6.04 Å². The number of aryl methyl sites for hydroxylation is 1. The molecule has 1 aromatic carbocycles. The Balaban J connectivity index is 2.42. The lowest BCUT2D eigenvalue weighted by Crippen LogP contribution is -2.16. The van der Waals surface area contributed by atoms with E-state index < -0.39 is 0 Å². The highest BCUT2D eigenvalue weighted by Crippen LogP contribution is 2.34. The van der Waals surface area contributed by atoms with Gasteiger partial charge in [0.25, 0.3) is 0 Å². The summed E-state index contributed by atoms with van der Waals surface area (Å²) in [7, 11) is 1.95. The third-order valence-electron chi connectivity index (χ3n) is 2.63. The van der Waals surface area contributed by atoms with Crippen LogP contribution in [0.3, 0.4) is 0 Å². The molecule has 0 radical (unpaired) electrons. The van der Waals surface area contributed by atoms with Crippen LogP contribution in [-0.2, 0) is 0 Å². The zero-order valence-corrected chi connectivity index (χ0v) is 12.8. The molecule has 2 rings (SSSR count). The van der Waals surface area contributed by atoms with Gasteiger partial charge in [-0.3, -0.25) is 0 Å². The molecule has 0 bridgehead atoms. The van der Waals surface area contributed by atoms with Crippen LogP contribution in [0, 0.1) is 6.92 Å². The Bertz CT molecular complexity index is 524. The summed E-state index contributed by atoms with van der Waals surface area (Å²) < 4.78 is 1.14. The van der Waals surface area contributed by atoms with Crippen LogP contribution in [0.2, 0.25) is 5.02 Å². The Morgan fingerprint density at radius 3 is 2.59 bits per heavy atom. The SMILES string of the molecule is CNC(c1ccc(Br)s1)c1ccc(C)cc1Cl. The first-order valence-electron chi connectivity index (χ1n) is 5.30. The standard InChI is InChI=1S/C13H13BrClNS/c1-8-3-4-9(10(15)7-8)13(16-2)11-5-6-12(14)17-11/h3-7,13,16H,1-2H3. The molecule has 4 heteroatoms. The lowest BCUT2D eigenvalue weighted by molar-refractivity contribution is 0.704. The quantitative estimate of drug-likeness (QED) is 0.854. The molecular formula is C13H13BrClNS. The first kappa shape index (κ1) is 13.1. The van der Waals surface area contributed by atoms with Crippen molar-refractivity contribution in [1.29, 1.82) is 0 Å². The van der Waals surface area contributed by atoms with Crippen molar-refractivity contribution in [2.24, 2.45) is 0 Å². The van der Waals surface area contributed by atoms with E-state index in [1.807, 2.05) is 20.0 Å². The molecule has 0 aliphatic rings. The second-order valence-corrected chi connectivity index (χ2v) is 6.79. The van der Waals surface area contributed by atoms with E-state index in [1.54, 1.807) is 11.3 Å². The van der Waals surface area contributed by atoms with Gasteiger partial charge in [-0.15, -0.1) is 11.3 Å². The lowest BCUT2D eigenvalue weighted by Gasteiger charge is -2.16. The predicted molar refractivity (Wildman–Crippen MR) is 79.1 cm³/mol. The molecule has 0 fully saturated rings. The zero-order chi connectivity index (χ0) is 12.4. The molecule has 1 heterocycles. The average molecular weight is 331 g/mol. The summed E-state index contributed by atoms with van der Waals surface area (Å²) in [4.78, 5) is 1.25. The first-order valence-corrected chi connectivity index (χ1v) is 7.29. The molecule has 1 nitrogen and oxygen atoms in total. The van der Waals surface area contributed by atoms with Gasteiger partial charge in [-0.05, 0) is 59.2 Å². The molecule has 0 aliphatic carbocycles. The summed E-state index contributed by atoms with van der Waals surface area (Å²) in [5, 5.41) is 4.13. The molecule has 17 heavy (non-hydrogen) atoms. The Morgan fingerprint density at radius 1 is 1.29 bits per heavy atom. The summed E-state index contributed by atoms with van der Waals surface area (Å²) in [5.41, 5.74) is 2.30. The number of hydrogen-bond acceptors (Lipinski definition) is 2. The summed E-state index contributed by atoms with van der Waals surface area (Å²) >= 11 is 11.5. The molecule has 0 saturated carbocycles. The highest BCUT2D eigenvalue weighted by Gasteiger charge is 2.16. The highest BCUT2D eigenvalue weighted by atomic mass is 79.9. The number of benzene rings is 1. The molecular weight excluding hydrogens is 318 g/mol. The van der Waals surface area contributed by atoms with E-state index >= 15 is 0 Å². The second-order valence-electron chi connectivity index (χ2n) is 3.89. The number of halogens is 2. The molecule has 1 atom stereocenters. The first-order chi connectivity index (χ1) is 8.11. The van der Waals surface area contributed by atoms with E-state index in [1.165, 1.54) is 10.4 Å². The maximum Gasteiger partial charge on any atom is 0.0702 e. The number of rotatable bonds is 3.